The van der Waals surface area contributed by atoms with E-state index in [0.717, 1.165) is 29.9 Å². The molecule has 25 heavy (non-hydrogen) atoms. The van der Waals surface area contributed by atoms with Gasteiger partial charge in [0.2, 0.25) is 0 Å². The second-order valence-corrected chi connectivity index (χ2v) is 6.22. The van der Waals surface area contributed by atoms with E-state index < -0.39 is 0 Å². The predicted molar refractivity (Wildman–Crippen MR) is 100 cm³/mol. The number of unbranched alkanes of at least 4 members (excludes halogenated alkanes) is 1. The molecule has 0 saturated carbocycles. The second-order valence-electron chi connectivity index (χ2n) is 6.22. The van der Waals surface area contributed by atoms with E-state index in [-0.39, 0.29) is 12.0 Å². The molecule has 0 aliphatic heterocycles. The highest BCUT2D eigenvalue weighted by molar-refractivity contribution is 5.94. The van der Waals surface area contributed by atoms with Gasteiger partial charge in [0.15, 0.2) is 0 Å². The first-order valence-electron chi connectivity index (χ1n) is 8.85. The van der Waals surface area contributed by atoms with Crippen LogP contribution in [0, 0.1) is 0 Å². The van der Waals surface area contributed by atoms with Crippen molar-refractivity contribution in [3.8, 4) is 11.5 Å². The van der Waals surface area contributed by atoms with Crippen molar-refractivity contribution in [1.82, 2.24) is 5.32 Å². The minimum absolute atomic E-state index is 0.0948. The van der Waals surface area contributed by atoms with Crippen molar-refractivity contribution in [2.75, 3.05) is 6.61 Å². The van der Waals surface area contributed by atoms with Crippen LogP contribution in [-0.2, 0) is 6.54 Å². The zero-order chi connectivity index (χ0) is 18.1. The molecule has 0 heterocycles. The van der Waals surface area contributed by atoms with E-state index in [9.17, 15) is 4.79 Å². The lowest BCUT2D eigenvalue weighted by atomic mass is 10.2. The van der Waals surface area contributed by atoms with Gasteiger partial charge in [-0.05, 0) is 62.2 Å². The lowest BCUT2D eigenvalue weighted by molar-refractivity contribution is 0.0951. The topological polar surface area (TPSA) is 47.6 Å². The third-order valence-electron chi connectivity index (χ3n) is 3.63. The van der Waals surface area contributed by atoms with Gasteiger partial charge in [-0.25, -0.2) is 0 Å². The van der Waals surface area contributed by atoms with Crippen LogP contribution in [0.3, 0.4) is 0 Å². The first kappa shape index (κ1) is 18.8. The lowest BCUT2D eigenvalue weighted by Crippen LogP contribution is -2.22. The van der Waals surface area contributed by atoms with E-state index in [4.69, 9.17) is 9.47 Å². The summed E-state index contributed by atoms with van der Waals surface area (Å²) in [5.41, 5.74) is 1.66. The SMILES string of the molecule is CCCCOc1ccc(C(=O)NCc2ccc(OC(C)C)cc2)cc1. The molecule has 0 saturated heterocycles. The maximum atomic E-state index is 12.2. The molecule has 4 heteroatoms. The summed E-state index contributed by atoms with van der Waals surface area (Å²) in [6.07, 6.45) is 2.29. The molecule has 134 valence electrons. The Morgan fingerprint density at radius 2 is 1.64 bits per heavy atom. The van der Waals surface area contributed by atoms with Gasteiger partial charge in [-0.1, -0.05) is 25.5 Å². The van der Waals surface area contributed by atoms with Crippen molar-refractivity contribution < 1.29 is 14.3 Å². The molecule has 0 aliphatic rings. The molecule has 1 amide bonds. The van der Waals surface area contributed by atoms with Crippen LogP contribution in [0.2, 0.25) is 0 Å². The summed E-state index contributed by atoms with van der Waals surface area (Å²) in [5.74, 6) is 1.54. The largest absolute Gasteiger partial charge is 0.494 e. The molecule has 2 aromatic rings. The Labute approximate surface area is 150 Å². The van der Waals surface area contributed by atoms with E-state index in [2.05, 4.69) is 12.2 Å². The zero-order valence-corrected chi connectivity index (χ0v) is 15.2. The average Bonchev–Trinajstić information content (AvgIpc) is 2.61. The molecule has 2 rings (SSSR count). The van der Waals surface area contributed by atoms with Crippen molar-refractivity contribution in [2.45, 2.75) is 46.3 Å². The number of amides is 1. The molecule has 1 N–H and O–H groups in total. The second kappa shape index (κ2) is 9.72. The maximum absolute atomic E-state index is 12.2. The zero-order valence-electron chi connectivity index (χ0n) is 15.2. The number of nitrogens with one attached hydrogen (secondary N) is 1. The number of ether oxygens (including phenoxy) is 2. The molecule has 2 aromatic carbocycles. The van der Waals surface area contributed by atoms with E-state index in [1.807, 2.05) is 50.2 Å². The first-order chi connectivity index (χ1) is 12.1. The average molecular weight is 341 g/mol. The molecule has 0 fully saturated rings. The maximum Gasteiger partial charge on any atom is 0.251 e. The fourth-order valence-corrected chi connectivity index (χ4v) is 2.28. The fraction of sp³-hybridized carbons (Fsp3) is 0.381. The van der Waals surface area contributed by atoms with Crippen LogP contribution >= 0.6 is 0 Å². The highest BCUT2D eigenvalue weighted by Gasteiger charge is 2.06. The van der Waals surface area contributed by atoms with Gasteiger partial charge in [0, 0.05) is 12.1 Å². The Bertz CT molecular complexity index is 648. The Morgan fingerprint density at radius 3 is 2.24 bits per heavy atom. The smallest absolute Gasteiger partial charge is 0.251 e. The van der Waals surface area contributed by atoms with Crippen LogP contribution in [0.5, 0.6) is 11.5 Å². The van der Waals surface area contributed by atoms with Crippen molar-refractivity contribution in [2.24, 2.45) is 0 Å². The van der Waals surface area contributed by atoms with Gasteiger partial charge in [0.25, 0.3) is 5.91 Å². The molecule has 0 unspecified atom stereocenters. The predicted octanol–water partition coefficient (Wildman–Crippen LogP) is 4.58. The normalized spacial score (nSPS) is 10.6. The Morgan fingerprint density at radius 1 is 1.00 bits per heavy atom. The van der Waals surface area contributed by atoms with Gasteiger partial charge < -0.3 is 14.8 Å². The van der Waals surface area contributed by atoms with E-state index in [0.29, 0.717) is 18.7 Å². The quantitative estimate of drug-likeness (QED) is 0.679. The van der Waals surface area contributed by atoms with Gasteiger partial charge in [-0.2, -0.15) is 0 Å². The van der Waals surface area contributed by atoms with Crippen molar-refractivity contribution in [3.05, 3.63) is 59.7 Å². The van der Waals surface area contributed by atoms with Crippen LogP contribution < -0.4 is 14.8 Å². The number of carbonyl (C=O) groups excluding carboxylic acids is 1. The molecule has 0 aromatic heterocycles. The number of carbonyl (C=O) groups is 1. The van der Waals surface area contributed by atoms with Gasteiger partial charge in [-0.15, -0.1) is 0 Å². The fourth-order valence-electron chi connectivity index (χ4n) is 2.28. The summed E-state index contributed by atoms with van der Waals surface area (Å²) in [7, 11) is 0. The number of rotatable bonds is 9. The van der Waals surface area contributed by atoms with Crippen LogP contribution in [0.15, 0.2) is 48.5 Å². The van der Waals surface area contributed by atoms with Gasteiger partial charge >= 0.3 is 0 Å². The third-order valence-corrected chi connectivity index (χ3v) is 3.63. The summed E-state index contributed by atoms with van der Waals surface area (Å²) >= 11 is 0. The van der Waals surface area contributed by atoms with E-state index >= 15 is 0 Å². The summed E-state index contributed by atoms with van der Waals surface area (Å²) in [4.78, 5) is 12.2. The molecular weight excluding hydrogens is 314 g/mol. The van der Waals surface area contributed by atoms with Crippen molar-refractivity contribution >= 4 is 5.91 Å². The summed E-state index contributed by atoms with van der Waals surface area (Å²) in [6, 6.07) is 15.0. The third kappa shape index (κ3) is 6.49. The standard InChI is InChI=1S/C21H27NO3/c1-4-5-14-24-19-12-8-18(9-13-19)21(23)22-15-17-6-10-20(11-7-17)25-16(2)3/h6-13,16H,4-5,14-15H2,1-3H3,(H,22,23). The molecule has 4 nitrogen and oxygen atoms in total. The number of benzene rings is 2. The monoisotopic (exact) mass is 341 g/mol. The minimum atomic E-state index is -0.0948. The van der Waals surface area contributed by atoms with Crippen molar-refractivity contribution in [3.63, 3.8) is 0 Å². The Kier molecular flexibility index (Phi) is 7.33. The highest BCUT2D eigenvalue weighted by Crippen LogP contribution is 2.15. The number of hydrogen-bond acceptors (Lipinski definition) is 3. The van der Waals surface area contributed by atoms with Crippen LogP contribution in [0.1, 0.15) is 49.5 Å². The van der Waals surface area contributed by atoms with Gasteiger partial charge in [-0.3, -0.25) is 4.79 Å². The Hall–Kier alpha value is -2.49. The summed E-state index contributed by atoms with van der Waals surface area (Å²) in [5, 5.41) is 2.93. The molecule has 0 spiro atoms. The van der Waals surface area contributed by atoms with Crippen LogP contribution in [0.4, 0.5) is 0 Å². The van der Waals surface area contributed by atoms with Gasteiger partial charge in [0.05, 0.1) is 12.7 Å². The first-order valence-corrected chi connectivity index (χ1v) is 8.85. The minimum Gasteiger partial charge on any atom is -0.494 e. The van der Waals surface area contributed by atoms with Crippen molar-refractivity contribution in [1.29, 1.82) is 0 Å². The molecule has 0 bridgehead atoms. The van der Waals surface area contributed by atoms with E-state index in [1.165, 1.54) is 0 Å². The lowest BCUT2D eigenvalue weighted by Gasteiger charge is -2.11. The molecule has 0 aliphatic carbocycles. The summed E-state index contributed by atoms with van der Waals surface area (Å²) in [6.45, 7) is 7.30. The van der Waals surface area contributed by atoms with Gasteiger partial charge in [0.1, 0.15) is 11.5 Å². The van der Waals surface area contributed by atoms with Crippen LogP contribution in [0.25, 0.3) is 0 Å². The molecule has 0 atom stereocenters. The number of hydrogen-bond donors (Lipinski definition) is 1. The Balaban J connectivity index is 1.83. The highest BCUT2D eigenvalue weighted by atomic mass is 16.5. The molecule has 0 radical (unpaired) electrons. The van der Waals surface area contributed by atoms with Crippen LogP contribution in [-0.4, -0.2) is 18.6 Å². The summed E-state index contributed by atoms with van der Waals surface area (Å²) < 4.78 is 11.2. The molecular formula is C21H27NO3. The van der Waals surface area contributed by atoms with E-state index in [1.54, 1.807) is 12.1 Å².